The van der Waals surface area contributed by atoms with Crippen molar-refractivity contribution in [1.82, 2.24) is 0 Å². The van der Waals surface area contributed by atoms with Crippen LogP contribution < -0.4 is 5.19 Å². The molecule has 0 aliphatic heterocycles. The topological polar surface area (TPSA) is 26.3 Å². The Morgan fingerprint density at radius 3 is 2.12 bits per heavy atom. The monoisotopic (exact) mass is 386 g/mol. The minimum atomic E-state index is -1.74. The number of hydrogen-bond donors (Lipinski definition) is 0. The first-order chi connectivity index (χ1) is 12.5. The van der Waals surface area contributed by atoms with Crippen molar-refractivity contribution in [3.63, 3.8) is 0 Å². The third kappa shape index (κ3) is 5.24. The summed E-state index contributed by atoms with van der Waals surface area (Å²) in [5.41, 5.74) is 1.85. The maximum absolute atomic E-state index is 12.2. The average Bonchev–Trinajstić information content (AvgIpc) is 2.66. The second-order valence-corrected chi connectivity index (χ2v) is 12.9. The van der Waals surface area contributed by atoms with Crippen LogP contribution in [0.25, 0.3) is 0 Å². The van der Waals surface area contributed by atoms with E-state index >= 15 is 0 Å². The lowest BCUT2D eigenvalue weighted by atomic mass is 10.1. The molecular weight excluding hydrogens is 356 g/mol. The Hall–Kier alpha value is -1.52. The number of esters is 1. The summed E-state index contributed by atoms with van der Waals surface area (Å²) < 4.78 is 5.25. The predicted octanol–water partition coefficient (Wildman–Crippen LogP) is 5.00. The first-order valence-electron chi connectivity index (χ1n) is 9.30. The van der Waals surface area contributed by atoms with Gasteiger partial charge in [-0.1, -0.05) is 78.9 Å². The maximum Gasteiger partial charge on any atom is 0.319 e. The summed E-state index contributed by atoms with van der Waals surface area (Å²) in [4.78, 5) is 12.2. The molecule has 0 aliphatic carbocycles. The third-order valence-electron chi connectivity index (χ3n) is 5.14. The second kappa shape index (κ2) is 9.98. The van der Waals surface area contributed by atoms with Crippen molar-refractivity contribution in [2.45, 2.75) is 43.7 Å². The zero-order chi connectivity index (χ0) is 19.0. The van der Waals surface area contributed by atoms with Gasteiger partial charge in [0.25, 0.3) is 0 Å². The Balaban J connectivity index is 2.26. The van der Waals surface area contributed by atoms with E-state index in [-0.39, 0.29) is 11.2 Å². The van der Waals surface area contributed by atoms with Crippen molar-refractivity contribution in [2.24, 2.45) is 0 Å². The van der Waals surface area contributed by atoms with Crippen LogP contribution in [-0.2, 0) is 9.53 Å². The van der Waals surface area contributed by atoms with E-state index in [0.29, 0.717) is 12.1 Å². The Kier molecular flexibility index (Phi) is 7.98. The average molecular weight is 387 g/mol. The van der Waals surface area contributed by atoms with E-state index in [0.717, 1.165) is 12.8 Å². The number of rotatable bonds is 9. The third-order valence-corrected chi connectivity index (χ3v) is 10.3. The van der Waals surface area contributed by atoms with Crippen LogP contribution in [0.1, 0.15) is 30.9 Å². The second-order valence-electron chi connectivity index (χ2n) is 7.10. The fourth-order valence-corrected chi connectivity index (χ4v) is 7.58. The summed E-state index contributed by atoms with van der Waals surface area (Å²) in [6.45, 7) is 7.20. The quantitative estimate of drug-likeness (QED) is 0.448. The fraction of sp³-hybridized carbons (Fsp3) is 0.409. The van der Waals surface area contributed by atoms with Crippen molar-refractivity contribution in [1.29, 1.82) is 0 Å². The maximum atomic E-state index is 12.2. The standard InChI is InChI=1S/C22H30O2SSi/c1-5-24-22(23)20(25-2)16-17-21(18-12-8-6-9-13-18)26(3,4)19-14-10-7-11-15-19/h6-15,20-21H,5,16-17H2,1-4H3. The van der Waals surface area contributed by atoms with E-state index in [2.05, 4.69) is 73.8 Å². The molecule has 0 radical (unpaired) electrons. The zero-order valence-corrected chi connectivity index (χ0v) is 18.1. The SMILES string of the molecule is CCOC(=O)C(CCC(c1ccccc1)[Si](C)(C)c1ccccc1)SC. The molecule has 2 rings (SSSR count). The summed E-state index contributed by atoms with van der Waals surface area (Å²) in [7, 11) is -1.74. The number of thioether (sulfide) groups is 1. The highest BCUT2D eigenvalue weighted by molar-refractivity contribution is 7.99. The zero-order valence-electron chi connectivity index (χ0n) is 16.3. The Labute approximate surface area is 163 Å². The number of ether oxygens (including phenoxy) is 1. The molecule has 0 fully saturated rings. The highest BCUT2D eigenvalue weighted by atomic mass is 32.2. The van der Waals surface area contributed by atoms with Crippen molar-refractivity contribution in [2.75, 3.05) is 12.9 Å². The van der Waals surface area contributed by atoms with E-state index < -0.39 is 8.07 Å². The van der Waals surface area contributed by atoms with Gasteiger partial charge in [-0.2, -0.15) is 11.8 Å². The Bertz CT molecular complexity index is 673. The molecule has 2 aromatic rings. The van der Waals surface area contributed by atoms with Gasteiger partial charge >= 0.3 is 5.97 Å². The van der Waals surface area contributed by atoms with Crippen molar-refractivity contribution in [3.05, 3.63) is 66.2 Å². The molecule has 26 heavy (non-hydrogen) atoms. The number of carbonyl (C=O) groups excluding carboxylic acids is 1. The van der Waals surface area contributed by atoms with Crippen LogP contribution in [0.3, 0.4) is 0 Å². The molecule has 0 aliphatic rings. The highest BCUT2D eigenvalue weighted by Gasteiger charge is 2.35. The molecule has 2 nitrogen and oxygen atoms in total. The molecule has 0 aromatic heterocycles. The first kappa shape index (κ1) is 20.8. The normalized spacial score (nSPS) is 13.8. The lowest BCUT2D eigenvalue weighted by Gasteiger charge is -2.34. The molecule has 2 aromatic carbocycles. The van der Waals surface area contributed by atoms with Gasteiger partial charge in [-0.3, -0.25) is 4.79 Å². The number of hydrogen-bond acceptors (Lipinski definition) is 3. The molecule has 4 heteroatoms. The summed E-state index contributed by atoms with van der Waals surface area (Å²) in [6, 6.07) is 21.7. The Morgan fingerprint density at radius 2 is 1.58 bits per heavy atom. The predicted molar refractivity (Wildman–Crippen MR) is 116 cm³/mol. The molecule has 0 heterocycles. The van der Waals surface area contributed by atoms with Crippen LogP contribution in [0.15, 0.2) is 60.7 Å². The van der Waals surface area contributed by atoms with Gasteiger partial charge in [0.2, 0.25) is 0 Å². The molecule has 140 valence electrons. The highest BCUT2D eigenvalue weighted by Crippen LogP contribution is 2.33. The van der Waals surface area contributed by atoms with Gasteiger partial charge in [0, 0.05) is 0 Å². The van der Waals surface area contributed by atoms with Crippen LogP contribution in [0.4, 0.5) is 0 Å². The lowest BCUT2D eigenvalue weighted by molar-refractivity contribution is -0.142. The largest absolute Gasteiger partial charge is 0.465 e. The lowest BCUT2D eigenvalue weighted by Crippen LogP contribution is -2.48. The van der Waals surface area contributed by atoms with E-state index in [1.807, 2.05) is 13.2 Å². The van der Waals surface area contributed by atoms with Gasteiger partial charge in [0.05, 0.1) is 14.7 Å². The molecule has 2 atom stereocenters. The van der Waals surface area contributed by atoms with Crippen LogP contribution in [0.2, 0.25) is 13.1 Å². The van der Waals surface area contributed by atoms with Crippen molar-refractivity contribution in [3.8, 4) is 0 Å². The fourth-order valence-electron chi connectivity index (χ4n) is 3.58. The first-order valence-corrected chi connectivity index (χ1v) is 13.7. The van der Waals surface area contributed by atoms with E-state index in [4.69, 9.17) is 4.74 Å². The molecule has 0 bridgehead atoms. The van der Waals surface area contributed by atoms with Gasteiger partial charge in [-0.25, -0.2) is 0 Å². The molecule has 0 saturated heterocycles. The molecular formula is C22H30O2SSi. The Morgan fingerprint density at radius 1 is 1.00 bits per heavy atom. The van der Waals surface area contributed by atoms with Gasteiger partial charge in [-0.15, -0.1) is 0 Å². The summed E-state index contributed by atoms with van der Waals surface area (Å²) in [5.74, 6) is -0.0778. The molecule has 0 amide bonds. The number of benzene rings is 2. The van der Waals surface area contributed by atoms with Crippen molar-refractivity contribution >= 4 is 31.0 Å². The van der Waals surface area contributed by atoms with E-state index in [1.54, 1.807) is 11.8 Å². The minimum absolute atomic E-state index is 0.0778. The van der Waals surface area contributed by atoms with Crippen LogP contribution >= 0.6 is 11.8 Å². The van der Waals surface area contributed by atoms with Crippen LogP contribution in [0.5, 0.6) is 0 Å². The molecule has 0 N–H and O–H groups in total. The van der Waals surface area contributed by atoms with E-state index in [1.165, 1.54) is 10.8 Å². The minimum Gasteiger partial charge on any atom is -0.465 e. The molecule has 0 spiro atoms. The molecule has 0 saturated carbocycles. The van der Waals surface area contributed by atoms with Crippen molar-refractivity contribution < 1.29 is 9.53 Å². The van der Waals surface area contributed by atoms with Crippen LogP contribution in [0, 0.1) is 0 Å². The smallest absolute Gasteiger partial charge is 0.319 e. The van der Waals surface area contributed by atoms with E-state index in [9.17, 15) is 4.79 Å². The van der Waals surface area contributed by atoms with Gasteiger partial charge in [0.15, 0.2) is 0 Å². The summed E-state index contributed by atoms with van der Waals surface area (Å²) in [6.07, 6.45) is 3.85. The summed E-state index contributed by atoms with van der Waals surface area (Å²) >= 11 is 1.60. The number of carbonyl (C=O) groups is 1. The summed E-state index contributed by atoms with van der Waals surface area (Å²) in [5, 5.41) is 1.38. The molecule has 2 unspecified atom stereocenters. The van der Waals surface area contributed by atoms with Gasteiger partial charge in [-0.05, 0) is 37.1 Å². The van der Waals surface area contributed by atoms with Gasteiger partial charge < -0.3 is 4.74 Å². The van der Waals surface area contributed by atoms with Gasteiger partial charge in [0.1, 0.15) is 5.25 Å². The van der Waals surface area contributed by atoms with Crippen LogP contribution in [-0.4, -0.2) is 32.2 Å².